The van der Waals surface area contributed by atoms with Gasteiger partial charge >= 0.3 is 6.18 Å². The lowest BCUT2D eigenvalue weighted by Crippen LogP contribution is -2.32. The molecule has 0 unspecified atom stereocenters. The summed E-state index contributed by atoms with van der Waals surface area (Å²) in [5, 5.41) is 2.17. The first-order chi connectivity index (χ1) is 15.5. The van der Waals surface area contributed by atoms with Crippen molar-refractivity contribution < 1.29 is 39.9 Å². The monoisotopic (exact) mass is 492 g/mol. The summed E-state index contributed by atoms with van der Waals surface area (Å²) in [6.45, 7) is -1.12. The smallest absolute Gasteiger partial charge is 0.422 e. The highest BCUT2D eigenvalue weighted by molar-refractivity contribution is 7.89. The summed E-state index contributed by atoms with van der Waals surface area (Å²) in [6, 6.07) is 5.20. The highest BCUT2D eigenvalue weighted by Gasteiger charge is 2.30. The lowest BCUT2D eigenvalue weighted by molar-refractivity contribution is -0.153. The van der Waals surface area contributed by atoms with Crippen LogP contribution in [-0.4, -0.2) is 44.5 Å². The third-order valence-corrected chi connectivity index (χ3v) is 6.86. The molecule has 0 saturated carbocycles. The van der Waals surface area contributed by atoms with E-state index in [1.165, 1.54) is 4.31 Å². The van der Waals surface area contributed by atoms with Crippen LogP contribution in [0.2, 0.25) is 0 Å². The molecule has 0 aromatic heterocycles. The van der Waals surface area contributed by atoms with E-state index in [0.717, 1.165) is 43.2 Å². The van der Waals surface area contributed by atoms with Gasteiger partial charge < -0.3 is 10.1 Å². The normalized spacial score (nSPS) is 15.7. The molecule has 1 aliphatic rings. The Morgan fingerprint density at radius 3 is 2.27 bits per heavy atom. The fourth-order valence-corrected chi connectivity index (χ4v) is 4.89. The van der Waals surface area contributed by atoms with E-state index in [-0.39, 0.29) is 18.0 Å². The Labute approximate surface area is 187 Å². The number of ether oxygens (including phenoxy) is 1. The third kappa shape index (κ3) is 6.41. The Hall–Kier alpha value is -2.73. The highest BCUT2D eigenvalue weighted by atomic mass is 32.2. The van der Waals surface area contributed by atoms with E-state index in [2.05, 4.69) is 5.32 Å². The molecule has 0 spiro atoms. The van der Waals surface area contributed by atoms with Crippen molar-refractivity contribution in [1.82, 2.24) is 4.31 Å². The number of nitrogens with zero attached hydrogens (tertiary/aromatic N) is 1. The Morgan fingerprint density at radius 1 is 1.00 bits per heavy atom. The summed E-state index contributed by atoms with van der Waals surface area (Å²) in [5.41, 5.74) is -0.983. The molecule has 180 valence electrons. The van der Waals surface area contributed by atoms with Gasteiger partial charge in [0.2, 0.25) is 10.0 Å². The highest BCUT2D eigenvalue weighted by Crippen LogP contribution is 2.32. The van der Waals surface area contributed by atoms with Gasteiger partial charge in [0.05, 0.1) is 16.1 Å². The number of alkyl halides is 3. The van der Waals surface area contributed by atoms with Gasteiger partial charge in [-0.25, -0.2) is 17.2 Å². The molecule has 12 heteroatoms. The molecule has 0 radical (unpaired) electrons. The van der Waals surface area contributed by atoms with Crippen molar-refractivity contribution in [2.24, 2.45) is 0 Å². The fourth-order valence-electron chi connectivity index (χ4n) is 3.35. The van der Waals surface area contributed by atoms with E-state index in [1.807, 2.05) is 0 Å². The average Bonchev–Trinajstić information content (AvgIpc) is 3.02. The number of rotatable bonds is 6. The third-order valence-electron chi connectivity index (χ3n) is 4.97. The molecule has 0 atom stereocenters. The number of benzene rings is 2. The van der Waals surface area contributed by atoms with Crippen LogP contribution in [0.4, 0.5) is 27.6 Å². The number of anilines is 1. The van der Waals surface area contributed by atoms with Crippen LogP contribution >= 0.6 is 0 Å². The van der Waals surface area contributed by atoms with E-state index in [0.29, 0.717) is 18.9 Å². The minimum Gasteiger partial charge on any atom is -0.482 e. The number of nitrogens with one attached hydrogen (secondary N) is 1. The molecule has 0 aliphatic carbocycles. The van der Waals surface area contributed by atoms with Crippen molar-refractivity contribution >= 4 is 21.6 Å². The summed E-state index contributed by atoms with van der Waals surface area (Å²) in [4.78, 5) is 12.2. The first-order valence-corrected chi connectivity index (χ1v) is 11.5. The molecular weight excluding hydrogens is 471 g/mol. The average molecular weight is 492 g/mol. The lowest BCUT2D eigenvalue weighted by Gasteiger charge is -2.21. The molecule has 1 saturated heterocycles. The van der Waals surface area contributed by atoms with Gasteiger partial charge in [-0.2, -0.15) is 17.5 Å². The van der Waals surface area contributed by atoms with E-state index in [1.54, 1.807) is 0 Å². The van der Waals surface area contributed by atoms with Crippen LogP contribution in [0.3, 0.4) is 0 Å². The quantitative estimate of drug-likeness (QED) is 0.592. The molecule has 6 nitrogen and oxygen atoms in total. The van der Waals surface area contributed by atoms with Gasteiger partial charge in [0.25, 0.3) is 5.91 Å². The molecule has 0 bridgehead atoms. The Bertz CT molecular complexity index is 1110. The first kappa shape index (κ1) is 24.9. The molecule has 1 heterocycles. The number of carbonyl (C=O) groups excluding carboxylic acids is 1. The second kappa shape index (κ2) is 10.0. The molecule has 33 heavy (non-hydrogen) atoms. The van der Waals surface area contributed by atoms with Crippen LogP contribution in [0.5, 0.6) is 5.75 Å². The number of halogens is 5. The van der Waals surface area contributed by atoms with Gasteiger partial charge in [0, 0.05) is 19.2 Å². The molecular formula is C21H21F5N2O4S. The molecule has 1 N–H and O–H groups in total. The topological polar surface area (TPSA) is 75.7 Å². The summed E-state index contributed by atoms with van der Waals surface area (Å²) in [6.07, 6.45) is -1.61. The van der Waals surface area contributed by atoms with Crippen LogP contribution < -0.4 is 10.1 Å². The zero-order chi connectivity index (χ0) is 24.2. The van der Waals surface area contributed by atoms with Crippen molar-refractivity contribution in [2.45, 2.75) is 36.8 Å². The van der Waals surface area contributed by atoms with Crippen LogP contribution in [0.1, 0.15) is 36.0 Å². The van der Waals surface area contributed by atoms with Gasteiger partial charge in [0.1, 0.15) is 17.4 Å². The summed E-state index contributed by atoms with van der Waals surface area (Å²) in [7, 11) is -4.00. The van der Waals surface area contributed by atoms with Gasteiger partial charge in [-0.1, -0.05) is 12.8 Å². The maximum atomic E-state index is 14.0. The standard InChI is InChI=1S/C21H21F5N2O4S/c22-14-5-7-16(17(23)11-14)20(29)27-18-12-15(6-8-19(18)32-13-21(24,25)26)33(30,31)28-9-3-1-2-4-10-28/h5-8,11-12H,1-4,9-10,13H2,(H,27,29). The van der Waals surface area contributed by atoms with Crippen LogP contribution in [0.25, 0.3) is 0 Å². The second-order valence-electron chi connectivity index (χ2n) is 7.46. The van der Waals surface area contributed by atoms with Crippen LogP contribution in [0.15, 0.2) is 41.3 Å². The summed E-state index contributed by atoms with van der Waals surface area (Å²) < 4.78 is 97.1. The Balaban J connectivity index is 1.96. The van der Waals surface area contributed by atoms with E-state index in [9.17, 15) is 35.2 Å². The number of sulfonamides is 1. The predicted molar refractivity (Wildman–Crippen MR) is 110 cm³/mol. The Kier molecular flexibility index (Phi) is 7.58. The van der Waals surface area contributed by atoms with Crippen LogP contribution in [0, 0.1) is 11.6 Å². The van der Waals surface area contributed by atoms with Crippen molar-refractivity contribution in [3.63, 3.8) is 0 Å². The maximum absolute atomic E-state index is 14.0. The number of hydrogen-bond acceptors (Lipinski definition) is 4. The lowest BCUT2D eigenvalue weighted by atomic mass is 10.2. The maximum Gasteiger partial charge on any atom is 0.422 e. The van der Waals surface area contributed by atoms with Gasteiger partial charge in [0.15, 0.2) is 6.61 Å². The second-order valence-corrected chi connectivity index (χ2v) is 9.40. The number of hydrogen-bond donors (Lipinski definition) is 1. The van der Waals surface area contributed by atoms with Crippen molar-refractivity contribution in [2.75, 3.05) is 25.0 Å². The van der Waals surface area contributed by atoms with Gasteiger partial charge in [-0.05, 0) is 43.2 Å². The number of carbonyl (C=O) groups is 1. The van der Waals surface area contributed by atoms with Gasteiger partial charge in [-0.15, -0.1) is 0 Å². The minimum absolute atomic E-state index is 0.265. The molecule has 2 aromatic carbocycles. The summed E-state index contributed by atoms with van der Waals surface area (Å²) in [5.74, 6) is -3.70. The predicted octanol–water partition coefficient (Wildman–Crippen LogP) is 4.72. The van der Waals surface area contributed by atoms with Crippen LogP contribution in [-0.2, 0) is 10.0 Å². The molecule has 1 amide bonds. The Morgan fingerprint density at radius 2 is 1.67 bits per heavy atom. The van der Waals surface area contributed by atoms with E-state index < -0.39 is 57.3 Å². The minimum atomic E-state index is -4.69. The fraction of sp³-hybridized carbons (Fsp3) is 0.381. The zero-order valence-corrected chi connectivity index (χ0v) is 18.1. The van der Waals surface area contributed by atoms with Crippen molar-refractivity contribution in [1.29, 1.82) is 0 Å². The molecule has 2 aromatic rings. The number of amides is 1. The largest absolute Gasteiger partial charge is 0.482 e. The van der Waals surface area contributed by atoms with E-state index in [4.69, 9.17) is 4.74 Å². The molecule has 1 aliphatic heterocycles. The first-order valence-electron chi connectivity index (χ1n) is 10.1. The molecule has 3 rings (SSSR count). The van der Waals surface area contributed by atoms with Crippen molar-refractivity contribution in [3.05, 3.63) is 53.6 Å². The summed E-state index contributed by atoms with van der Waals surface area (Å²) >= 11 is 0. The zero-order valence-electron chi connectivity index (χ0n) is 17.3. The SMILES string of the molecule is O=C(Nc1cc(S(=O)(=O)N2CCCCCC2)ccc1OCC(F)(F)F)c1ccc(F)cc1F. The van der Waals surface area contributed by atoms with Gasteiger partial charge in [-0.3, -0.25) is 4.79 Å². The van der Waals surface area contributed by atoms with Crippen molar-refractivity contribution in [3.8, 4) is 5.75 Å². The molecule has 1 fully saturated rings. The van der Waals surface area contributed by atoms with E-state index >= 15 is 0 Å².